The number of hydrogen-bond donors (Lipinski definition) is 0. The summed E-state index contributed by atoms with van der Waals surface area (Å²) in [6.45, 7) is 38.6. The summed E-state index contributed by atoms with van der Waals surface area (Å²) >= 11 is 0. The van der Waals surface area contributed by atoms with Crippen molar-refractivity contribution in [3.05, 3.63) is 9.64 Å². The van der Waals surface area contributed by atoms with Gasteiger partial charge in [0.1, 0.15) is 0 Å². The molecule has 0 spiro atoms. The molecule has 0 radical (unpaired) electrons. The fourth-order valence-electron chi connectivity index (χ4n) is 10.2. The lowest BCUT2D eigenvalue weighted by Gasteiger charge is -2.43. The summed E-state index contributed by atoms with van der Waals surface area (Å²) in [6.07, 6.45) is 0. The molecule has 0 N–H and O–H groups in total. The third kappa shape index (κ3) is 1.64. The molecule has 150 valence electrons. The Morgan fingerprint density at radius 3 is 0.885 bits per heavy atom. The minimum atomic E-state index is -1.27. The molecule has 0 aromatic heterocycles. The highest BCUT2D eigenvalue weighted by Gasteiger charge is 3.18. The van der Waals surface area contributed by atoms with Crippen molar-refractivity contribution >= 4 is 48.4 Å². The maximum atomic E-state index is 2.81. The quantitative estimate of drug-likeness (QED) is 0.366. The minimum absolute atomic E-state index is 0.985. The van der Waals surface area contributed by atoms with Crippen molar-refractivity contribution in [3.63, 3.8) is 0 Å². The molecular weight excluding hydrogens is 409 g/mol. The Hall–Kier alpha value is 1.04. The van der Waals surface area contributed by atoms with Crippen LogP contribution < -0.4 is 0 Å². The highest BCUT2D eigenvalue weighted by molar-refractivity contribution is 7.63. The minimum Gasteiger partial charge on any atom is -0.0983 e. The van der Waals surface area contributed by atoms with E-state index in [0.29, 0.717) is 0 Å². The van der Waals surface area contributed by atoms with E-state index in [-0.39, 0.29) is 0 Å². The molecule has 0 atom stereocenters. The van der Waals surface area contributed by atoms with Crippen LogP contribution in [-0.2, 0) is 0 Å². The monoisotopic (exact) mass is 454 g/mol. The van der Waals surface area contributed by atoms with E-state index in [4.69, 9.17) is 0 Å². The summed E-state index contributed by atoms with van der Waals surface area (Å²) in [6, 6.07) is 3.20. The van der Waals surface area contributed by atoms with E-state index in [1.807, 2.05) is 0 Å². The normalized spacial score (nSPS) is 42.2. The molecule has 0 saturated carbocycles. The summed E-state index contributed by atoms with van der Waals surface area (Å²) in [5, 5.41) is 0. The molecule has 0 unspecified atom stereocenters. The molecule has 0 nitrogen and oxygen atoms in total. The first-order chi connectivity index (χ1) is 11.4. The molecule has 0 aromatic carbocycles. The van der Waals surface area contributed by atoms with Crippen LogP contribution in [0, 0.1) is 0 Å². The third-order valence-corrected chi connectivity index (χ3v) is 57.2. The van der Waals surface area contributed by atoms with Gasteiger partial charge in [0.05, 0.1) is 32.3 Å². The van der Waals surface area contributed by atoms with E-state index in [0.717, 1.165) is 8.57 Å². The van der Waals surface area contributed by atoms with Crippen LogP contribution in [0.2, 0.25) is 99.2 Å². The van der Waals surface area contributed by atoms with E-state index < -0.39 is 48.4 Å². The maximum absolute atomic E-state index is 2.81. The van der Waals surface area contributed by atoms with E-state index >= 15 is 0 Å². The van der Waals surface area contributed by atoms with Gasteiger partial charge in [0, 0.05) is 16.1 Å². The molecule has 4 heterocycles. The van der Waals surface area contributed by atoms with Gasteiger partial charge in [-0.05, 0) is 8.57 Å². The van der Waals surface area contributed by atoms with Gasteiger partial charge < -0.3 is 0 Å². The van der Waals surface area contributed by atoms with Crippen LogP contribution in [0.3, 0.4) is 0 Å². The van der Waals surface area contributed by atoms with Crippen molar-refractivity contribution in [2.75, 3.05) is 0 Å². The predicted octanol–water partition coefficient (Wildman–Crippen LogP) is 7.41. The van der Waals surface area contributed by atoms with E-state index in [1.54, 1.807) is 12.1 Å². The van der Waals surface area contributed by atoms with Crippen molar-refractivity contribution in [2.45, 2.75) is 113 Å². The Morgan fingerprint density at radius 1 is 0.538 bits per heavy atom. The first-order valence-electron chi connectivity index (χ1n) is 11.1. The molecule has 6 heteroatoms. The number of hydrogen-bond acceptors (Lipinski definition) is 0. The Morgan fingerprint density at radius 2 is 0.769 bits per heavy atom. The van der Waals surface area contributed by atoms with Gasteiger partial charge in [-0.25, -0.2) is 0 Å². The Kier molecular flexibility index (Phi) is 4.20. The van der Waals surface area contributed by atoms with Crippen molar-refractivity contribution < 1.29 is 0 Å². The van der Waals surface area contributed by atoms with Crippen molar-refractivity contribution in [3.8, 4) is 0 Å². The molecule has 26 heavy (non-hydrogen) atoms. The second kappa shape index (κ2) is 5.02. The Balaban J connectivity index is 2.50. The molecule has 2 saturated heterocycles. The van der Waals surface area contributed by atoms with Gasteiger partial charge in [-0.3, -0.25) is 0 Å². The molecule has 4 rings (SSSR count). The summed E-state index contributed by atoms with van der Waals surface area (Å²) in [5.41, 5.74) is 0. The lowest BCUT2D eigenvalue weighted by Crippen LogP contribution is -2.57. The van der Waals surface area contributed by atoms with Crippen LogP contribution in [0.25, 0.3) is 0 Å². The first kappa shape index (κ1) is 21.7. The van der Waals surface area contributed by atoms with E-state index in [2.05, 4.69) is 102 Å². The molecule has 0 aromatic rings. The van der Waals surface area contributed by atoms with Crippen LogP contribution >= 0.6 is 0 Å². The Labute approximate surface area is 170 Å². The topological polar surface area (TPSA) is 0 Å². The van der Waals surface area contributed by atoms with Gasteiger partial charge in [-0.1, -0.05) is 114 Å². The summed E-state index contributed by atoms with van der Waals surface area (Å²) in [5.74, 6) is 0. The summed E-state index contributed by atoms with van der Waals surface area (Å²) in [7, 11) is -7.42. The molecular formula is C20H46Si6. The second-order valence-electron chi connectivity index (χ2n) is 13.8. The SMILES string of the molecule is CC[Si]12C([Si](C)(C)C)=C([Si](C)(C)C)[Si]3(CC)C1([Si](C)(C)C)C23[Si](C)(C)C. The fraction of sp³-hybridized carbons (Fsp3) is 0.900. The number of rotatable bonds is 6. The fourth-order valence-corrected chi connectivity index (χ4v) is 96.0. The average Bonchev–Trinajstić information content (AvgIpc) is 3.10. The summed E-state index contributed by atoms with van der Waals surface area (Å²) in [4.78, 5) is 4.65. The van der Waals surface area contributed by atoms with Gasteiger partial charge >= 0.3 is 0 Å². The van der Waals surface area contributed by atoms with Crippen LogP contribution in [0.1, 0.15) is 13.8 Å². The van der Waals surface area contributed by atoms with Gasteiger partial charge in [0.15, 0.2) is 0 Å². The van der Waals surface area contributed by atoms with Gasteiger partial charge in [-0.2, -0.15) is 0 Å². The molecule has 4 aliphatic rings. The second-order valence-corrected chi connectivity index (χ2v) is 47.3. The smallest absolute Gasteiger partial charge is 0.0780 e. The Bertz CT molecular complexity index is 622. The standard InChI is InChI=1S/C20H46Si6/c1-15-25-17(21(3,4)5)18(22(6,7)8)26(16-2)19(25,23(9,10)11)20(25,26)24(12,13)14/h15-16H2,1-14H3. The lowest BCUT2D eigenvalue weighted by atomic mass is 10.9. The molecule has 2 fully saturated rings. The van der Waals surface area contributed by atoms with Crippen molar-refractivity contribution in [1.82, 2.24) is 0 Å². The van der Waals surface area contributed by atoms with Crippen LogP contribution in [0.15, 0.2) is 9.64 Å². The molecule has 2 bridgehead atoms. The van der Waals surface area contributed by atoms with Gasteiger partial charge in [0.2, 0.25) is 0 Å². The van der Waals surface area contributed by atoms with E-state index in [1.165, 1.54) is 0 Å². The van der Waals surface area contributed by atoms with Crippen LogP contribution in [0.5, 0.6) is 0 Å². The average molecular weight is 455 g/mol. The zero-order valence-electron chi connectivity index (χ0n) is 20.4. The zero-order valence-corrected chi connectivity index (χ0v) is 26.4. The molecule has 0 amide bonds. The summed E-state index contributed by atoms with van der Waals surface area (Å²) < 4.78 is 1.97. The largest absolute Gasteiger partial charge is 0.0983 e. The molecule has 4 aliphatic heterocycles. The zero-order chi connectivity index (χ0) is 20.6. The first-order valence-corrected chi connectivity index (χ1v) is 29.5. The third-order valence-electron chi connectivity index (χ3n) is 8.91. The van der Waals surface area contributed by atoms with Crippen LogP contribution in [0.4, 0.5) is 0 Å². The van der Waals surface area contributed by atoms with Gasteiger partial charge in [-0.15, -0.1) is 0 Å². The van der Waals surface area contributed by atoms with E-state index in [9.17, 15) is 0 Å². The predicted molar refractivity (Wildman–Crippen MR) is 138 cm³/mol. The highest BCUT2D eigenvalue weighted by atomic mass is 28.6. The lowest BCUT2D eigenvalue weighted by molar-refractivity contribution is 1.27. The van der Waals surface area contributed by atoms with Crippen molar-refractivity contribution in [2.24, 2.45) is 0 Å². The van der Waals surface area contributed by atoms with Gasteiger partial charge in [0.25, 0.3) is 0 Å². The maximum Gasteiger partial charge on any atom is 0.0780 e. The van der Waals surface area contributed by atoms with Crippen LogP contribution in [-0.4, -0.2) is 48.4 Å². The molecule has 0 aliphatic carbocycles. The highest BCUT2D eigenvalue weighted by Crippen LogP contribution is 3.16. The van der Waals surface area contributed by atoms with Crippen molar-refractivity contribution in [1.29, 1.82) is 0 Å².